The van der Waals surface area contributed by atoms with E-state index >= 15 is 0 Å². The van der Waals surface area contributed by atoms with E-state index in [1.165, 1.54) is 0 Å². The summed E-state index contributed by atoms with van der Waals surface area (Å²) in [5.41, 5.74) is 4.05. The molecule has 0 bridgehead atoms. The third-order valence-electron chi connectivity index (χ3n) is 6.05. The number of aryl methyl sites for hydroxylation is 2. The molecule has 2 aromatic carbocycles. The number of halogens is 2. The number of H-pyrrole nitrogens is 1. The molecule has 0 spiro atoms. The third kappa shape index (κ3) is 4.15. The maximum absolute atomic E-state index is 13.4. The monoisotopic (exact) mass is 451 g/mol. The molecule has 33 heavy (non-hydrogen) atoms. The number of carbonyl (C=O) groups excluding carboxylic acids is 1. The van der Waals surface area contributed by atoms with Crippen LogP contribution in [0, 0.1) is 6.92 Å². The summed E-state index contributed by atoms with van der Waals surface area (Å²) in [5, 5.41) is 18.5. The zero-order chi connectivity index (χ0) is 23.2. The molecule has 0 aliphatic heterocycles. The van der Waals surface area contributed by atoms with Gasteiger partial charge in [-0.25, -0.2) is 13.5 Å². The average Bonchev–Trinajstić information content (AvgIpc) is 3.49. The lowest BCUT2D eigenvalue weighted by atomic mass is 10.1. The van der Waals surface area contributed by atoms with Crippen molar-refractivity contribution in [3.05, 3.63) is 53.7 Å². The Morgan fingerprint density at radius 2 is 2.00 bits per heavy atom. The van der Waals surface area contributed by atoms with Crippen LogP contribution in [-0.2, 0) is 7.05 Å². The maximum Gasteiger partial charge on any atom is 0.251 e. The van der Waals surface area contributed by atoms with Gasteiger partial charge in [-0.1, -0.05) is 12.1 Å². The van der Waals surface area contributed by atoms with Crippen LogP contribution < -0.4 is 10.6 Å². The normalized spacial score (nSPS) is 17.4. The number of aromatic nitrogens is 5. The Balaban J connectivity index is 1.30. The minimum Gasteiger partial charge on any atom is -0.349 e. The predicted octanol–water partition coefficient (Wildman–Crippen LogP) is 4.33. The number of aromatic amines is 1. The van der Waals surface area contributed by atoms with E-state index in [2.05, 4.69) is 30.9 Å². The van der Waals surface area contributed by atoms with E-state index in [4.69, 9.17) is 0 Å². The van der Waals surface area contributed by atoms with Gasteiger partial charge in [0, 0.05) is 48.1 Å². The first-order valence-corrected chi connectivity index (χ1v) is 10.7. The maximum atomic E-state index is 13.4. The van der Waals surface area contributed by atoms with Gasteiger partial charge >= 0.3 is 0 Å². The summed E-state index contributed by atoms with van der Waals surface area (Å²) >= 11 is 0. The van der Waals surface area contributed by atoms with Gasteiger partial charge in [0.2, 0.25) is 11.9 Å². The van der Waals surface area contributed by atoms with Crippen molar-refractivity contribution in [1.29, 1.82) is 0 Å². The number of carbonyl (C=O) groups is 1. The number of nitrogens with zero attached hydrogens (tertiary/aromatic N) is 4. The van der Waals surface area contributed by atoms with E-state index in [0.717, 1.165) is 27.7 Å². The van der Waals surface area contributed by atoms with Gasteiger partial charge in [-0.05, 0) is 43.2 Å². The Morgan fingerprint density at radius 1 is 1.21 bits per heavy atom. The number of alkyl halides is 2. The first-order chi connectivity index (χ1) is 15.8. The minimum atomic E-state index is -2.69. The smallest absolute Gasteiger partial charge is 0.251 e. The van der Waals surface area contributed by atoms with Crippen LogP contribution in [0.2, 0.25) is 0 Å². The summed E-state index contributed by atoms with van der Waals surface area (Å²) in [5.74, 6) is -1.98. The molecule has 0 saturated heterocycles. The number of fused-ring (bicyclic) bond motifs is 1. The van der Waals surface area contributed by atoms with Gasteiger partial charge < -0.3 is 10.6 Å². The van der Waals surface area contributed by atoms with Crippen LogP contribution >= 0.6 is 0 Å². The minimum absolute atomic E-state index is 0.186. The van der Waals surface area contributed by atoms with Crippen molar-refractivity contribution in [3.63, 3.8) is 0 Å². The SMILES string of the molecule is Cc1c(Nc2nc(-c3ccc(C(=O)NC4CCC(F)(F)C4)cc3)nn2C)ccc2[nH]ncc12. The largest absolute Gasteiger partial charge is 0.349 e. The quantitative estimate of drug-likeness (QED) is 0.419. The Morgan fingerprint density at radius 3 is 2.73 bits per heavy atom. The molecular weight excluding hydrogens is 428 g/mol. The summed E-state index contributed by atoms with van der Waals surface area (Å²) in [6, 6.07) is 10.2. The van der Waals surface area contributed by atoms with Crippen molar-refractivity contribution in [2.45, 2.75) is 38.2 Å². The van der Waals surface area contributed by atoms with Gasteiger partial charge in [-0.2, -0.15) is 10.1 Å². The molecule has 5 rings (SSSR count). The molecule has 170 valence electrons. The fourth-order valence-electron chi connectivity index (χ4n) is 4.14. The standard InChI is InChI=1S/C23H23F2N7O/c1-13-17-12-26-30-19(17)8-7-18(13)28-22-29-20(31-32(22)2)14-3-5-15(6-4-14)21(33)27-16-9-10-23(24,25)11-16/h3-8,12,16H,9-11H2,1-2H3,(H,26,30)(H,27,33)(H,28,29,31). The Labute approximate surface area is 188 Å². The number of benzene rings is 2. The fourth-order valence-corrected chi connectivity index (χ4v) is 4.14. The number of amides is 1. The summed E-state index contributed by atoms with van der Waals surface area (Å²) in [6.45, 7) is 2.01. The number of rotatable bonds is 5. The summed E-state index contributed by atoms with van der Waals surface area (Å²) in [6.07, 6.45) is 1.58. The predicted molar refractivity (Wildman–Crippen MR) is 121 cm³/mol. The summed E-state index contributed by atoms with van der Waals surface area (Å²) < 4.78 is 28.4. The topological polar surface area (TPSA) is 101 Å². The second-order valence-corrected chi connectivity index (χ2v) is 8.42. The van der Waals surface area contributed by atoms with Crippen LogP contribution in [0.3, 0.4) is 0 Å². The molecule has 3 N–H and O–H groups in total. The van der Waals surface area contributed by atoms with Crippen LogP contribution in [0.15, 0.2) is 42.6 Å². The first-order valence-electron chi connectivity index (χ1n) is 10.7. The second kappa shape index (κ2) is 7.95. The Kier molecular flexibility index (Phi) is 5.07. The molecule has 1 fully saturated rings. The molecule has 1 unspecified atom stereocenters. The van der Waals surface area contributed by atoms with Crippen LogP contribution in [0.1, 0.15) is 35.2 Å². The van der Waals surface area contributed by atoms with Gasteiger partial charge in [-0.3, -0.25) is 9.89 Å². The van der Waals surface area contributed by atoms with E-state index in [1.807, 2.05) is 19.1 Å². The van der Waals surface area contributed by atoms with Crippen molar-refractivity contribution in [3.8, 4) is 11.4 Å². The summed E-state index contributed by atoms with van der Waals surface area (Å²) in [7, 11) is 1.80. The fraction of sp³-hybridized carbons (Fsp3) is 0.304. The van der Waals surface area contributed by atoms with E-state index in [1.54, 1.807) is 42.2 Å². The third-order valence-corrected chi connectivity index (χ3v) is 6.05. The highest BCUT2D eigenvalue weighted by molar-refractivity contribution is 5.94. The Hall–Kier alpha value is -3.82. The number of hydrogen-bond acceptors (Lipinski definition) is 5. The van der Waals surface area contributed by atoms with Gasteiger partial charge in [0.1, 0.15) is 0 Å². The van der Waals surface area contributed by atoms with Crippen LogP contribution in [0.4, 0.5) is 20.4 Å². The lowest BCUT2D eigenvalue weighted by molar-refractivity contribution is 0.00711. The highest BCUT2D eigenvalue weighted by Crippen LogP contribution is 2.35. The molecule has 10 heteroatoms. The van der Waals surface area contributed by atoms with Crippen LogP contribution in [-0.4, -0.2) is 42.8 Å². The van der Waals surface area contributed by atoms with Crippen LogP contribution in [0.25, 0.3) is 22.3 Å². The van der Waals surface area contributed by atoms with Gasteiger partial charge in [0.25, 0.3) is 5.91 Å². The molecule has 1 saturated carbocycles. The zero-order valence-corrected chi connectivity index (χ0v) is 18.2. The molecular formula is C23H23F2N7O. The average molecular weight is 451 g/mol. The number of hydrogen-bond donors (Lipinski definition) is 3. The highest BCUT2D eigenvalue weighted by Gasteiger charge is 2.40. The molecule has 2 heterocycles. The highest BCUT2D eigenvalue weighted by atomic mass is 19.3. The molecule has 4 aromatic rings. The van der Waals surface area contributed by atoms with E-state index in [9.17, 15) is 13.6 Å². The molecule has 1 aliphatic rings. The van der Waals surface area contributed by atoms with Gasteiger partial charge in [0.15, 0.2) is 5.82 Å². The molecule has 1 amide bonds. The number of anilines is 2. The molecule has 1 aliphatic carbocycles. The molecule has 0 radical (unpaired) electrons. The van der Waals surface area contributed by atoms with Crippen molar-refractivity contribution in [2.75, 3.05) is 5.32 Å². The molecule has 2 aromatic heterocycles. The lowest BCUT2D eigenvalue weighted by Gasteiger charge is -2.13. The Bertz CT molecular complexity index is 1330. The summed E-state index contributed by atoms with van der Waals surface area (Å²) in [4.78, 5) is 17.0. The zero-order valence-electron chi connectivity index (χ0n) is 18.2. The van der Waals surface area contributed by atoms with E-state index < -0.39 is 12.0 Å². The van der Waals surface area contributed by atoms with Crippen molar-refractivity contribution < 1.29 is 13.6 Å². The molecule has 8 nitrogen and oxygen atoms in total. The lowest BCUT2D eigenvalue weighted by Crippen LogP contribution is -2.33. The van der Waals surface area contributed by atoms with Gasteiger partial charge in [0.05, 0.1) is 11.7 Å². The van der Waals surface area contributed by atoms with E-state index in [-0.39, 0.29) is 25.2 Å². The van der Waals surface area contributed by atoms with E-state index in [0.29, 0.717) is 17.3 Å². The van der Waals surface area contributed by atoms with Crippen molar-refractivity contribution >= 4 is 28.4 Å². The molecule has 1 atom stereocenters. The van der Waals surface area contributed by atoms with Crippen molar-refractivity contribution in [2.24, 2.45) is 7.05 Å². The van der Waals surface area contributed by atoms with Crippen LogP contribution in [0.5, 0.6) is 0 Å². The second-order valence-electron chi connectivity index (χ2n) is 8.42. The number of nitrogens with one attached hydrogen (secondary N) is 3. The van der Waals surface area contributed by atoms with Crippen molar-refractivity contribution in [1.82, 2.24) is 30.3 Å². The first kappa shape index (κ1) is 21.0. The van der Waals surface area contributed by atoms with Gasteiger partial charge in [-0.15, -0.1) is 5.10 Å².